The first kappa shape index (κ1) is 11.9. The third-order valence-corrected chi connectivity index (χ3v) is 1.80. The number of primary amides is 1. The van der Waals surface area contributed by atoms with Crippen molar-refractivity contribution in [2.24, 2.45) is 5.73 Å². The molecule has 74 valence electrons. The van der Waals surface area contributed by atoms with Gasteiger partial charge in [0.2, 0.25) is 5.91 Å². The molecule has 13 heavy (non-hydrogen) atoms. The van der Waals surface area contributed by atoms with Crippen molar-refractivity contribution in [1.82, 2.24) is 4.90 Å². The molecule has 0 bridgehead atoms. The second kappa shape index (κ2) is 5.54. The summed E-state index contributed by atoms with van der Waals surface area (Å²) in [7, 11) is 3.91. The van der Waals surface area contributed by atoms with Crippen molar-refractivity contribution in [2.75, 3.05) is 20.6 Å². The average Bonchev–Trinajstić information content (AvgIpc) is 2.01. The van der Waals surface area contributed by atoms with Gasteiger partial charge in [-0.1, -0.05) is 6.08 Å². The van der Waals surface area contributed by atoms with Gasteiger partial charge in [0.15, 0.2) is 0 Å². The summed E-state index contributed by atoms with van der Waals surface area (Å²) in [5, 5.41) is 0. The number of likely N-dealkylation sites (N-methyl/N-ethyl adjacent to an activating group) is 1. The predicted octanol–water partition coefficient (Wildman–Crippen LogP) is 0.926. The highest BCUT2D eigenvalue weighted by Gasteiger charge is 2.06. The molecule has 0 aromatic heterocycles. The minimum Gasteiger partial charge on any atom is -0.366 e. The third kappa shape index (κ3) is 4.48. The number of carbonyl (C=O) groups is 1. The van der Waals surface area contributed by atoms with Crippen molar-refractivity contribution >= 4 is 5.91 Å². The summed E-state index contributed by atoms with van der Waals surface area (Å²) in [4.78, 5) is 12.9. The standard InChI is InChI=1S/C10H18N2O/c1-5-6-9(7-12(3)4)8(2)10(11)13/h5H,1,6-7H2,2-4H3,(H2,11,13). The van der Waals surface area contributed by atoms with Gasteiger partial charge in [-0.2, -0.15) is 0 Å². The summed E-state index contributed by atoms with van der Waals surface area (Å²) in [6.07, 6.45) is 2.50. The van der Waals surface area contributed by atoms with Crippen LogP contribution in [0.2, 0.25) is 0 Å². The fourth-order valence-electron chi connectivity index (χ4n) is 1.07. The topological polar surface area (TPSA) is 46.3 Å². The van der Waals surface area contributed by atoms with Gasteiger partial charge in [-0.3, -0.25) is 4.79 Å². The Labute approximate surface area is 79.9 Å². The van der Waals surface area contributed by atoms with Gasteiger partial charge in [-0.05, 0) is 33.0 Å². The van der Waals surface area contributed by atoms with Gasteiger partial charge < -0.3 is 10.6 Å². The zero-order valence-corrected chi connectivity index (χ0v) is 8.63. The number of amides is 1. The van der Waals surface area contributed by atoms with Crippen LogP contribution in [0.5, 0.6) is 0 Å². The van der Waals surface area contributed by atoms with Crippen LogP contribution in [0.25, 0.3) is 0 Å². The molecule has 0 aliphatic carbocycles. The normalized spacial score (nSPS) is 12.6. The smallest absolute Gasteiger partial charge is 0.244 e. The maximum atomic E-state index is 10.9. The van der Waals surface area contributed by atoms with Gasteiger partial charge in [0, 0.05) is 12.1 Å². The highest BCUT2D eigenvalue weighted by molar-refractivity contribution is 5.92. The average molecular weight is 182 g/mol. The Morgan fingerprint density at radius 3 is 2.38 bits per heavy atom. The van der Waals surface area contributed by atoms with E-state index in [1.807, 2.05) is 19.0 Å². The molecule has 0 rings (SSSR count). The second-order valence-corrected chi connectivity index (χ2v) is 3.32. The van der Waals surface area contributed by atoms with E-state index in [4.69, 9.17) is 5.73 Å². The van der Waals surface area contributed by atoms with E-state index in [0.29, 0.717) is 12.0 Å². The summed E-state index contributed by atoms with van der Waals surface area (Å²) in [6.45, 7) is 6.15. The molecule has 0 aliphatic heterocycles. The van der Waals surface area contributed by atoms with Crippen LogP contribution in [0.3, 0.4) is 0 Å². The number of hydrogen-bond acceptors (Lipinski definition) is 2. The molecule has 1 amide bonds. The monoisotopic (exact) mass is 182 g/mol. The maximum absolute atomic E-state index is 10.9. The molecule has 0 aromatic carbocycles. The van der Waals surface area contributed by atoms with Crippen LogP contribution in [0.1, 0.15) is 13.3 Å². The lowest BCUT2D eigenvalue weighted by molar-refractivity contribution is -0.114. The molecule has 3 heteroatoms. The Bertz CT molecular complexity index is 229. The molecule has 0 atom stereocenters. The summed E-state index contributed by atoms with van der Waals surface area (Å²) in [6, 6.07) is 0. The van der Waals surface area contributed by atoms with Crippen molar-refractivity contribution in [3.63, 3.8) is 0 Å². The van der Waals surface area contributed by atoms with Crippen molar-refractivity contribution < 1.29 is 4.79 Å². The maximum Gasteiger partial charge on any atom is 0.244 e. The van der Waals surface area contributed by atoms with Gasteiger partial charge in [0.25, 0.3) is 0 Å². The molecule has 0 fully saturated rings. The summed E-state index contributed by atoms with van der Waals surface area (Å²) in [5.74, 6) is -0.348. The van der Waals surface area contributed by atoms with Gasteiger partial charge in [0.1, 0.15) is 0 Å². The SMILES string of the molecule is C=CCC(CN(C)C)=C(C)C(N)=O. The highest BCUT2D eigenvalue weighted by atomic mass is 16.1. The predicted molar refractivity (Wildman–Crippen MR) is 55.3 cm³/mol. The van der Waals surface area contributed by atoms with Crippen LogP contribution in [-0.2, 0) is 4.79 Å². The van der Waals surface area contributed by atoms with E-state index in [1.165, 1.54) is 0 Å². The van der Waals surface area contributed by atoms with E-state index in [1.54, 1.807) is 13.0 Å². The highest BCUT2D eigenvalue weighted by Crippen LogP contribution is 2.09. The molecule has 0 saturated carbocycles. The van der Waals surface area contributed by atoms with E-state index in [9.17, 15) is 4.79 Å². The van der Waals surface area contributed by atoms with E-state index in [0.717, 1.165) is 12.1 Å². The first-order valence-corrected chi connectivity index (χ1v) is 4.23. The van der Waals surface area contributed by atoms with E-state index < -0.39 is 0 Å². The second-order valence-electron chi connectivity index (χ2n) is 3.32. The summed E-state index contributed by atoms with van der Waals surface area (Å²) >= 11 is 0. The van der Waals surface area contributed by atoms with Crippen LogP contribution in [-0.4, -0.2) is 31.4 Å². The van der Waals surface area contributed by atoms with E-state index in [-0.39, 0.29) is 5.91 Å². The third-order valence-electron chi connectivity index (χ3n) is 1.80. The van der Waals surface area contributed by atoms with Crippen LogP contribution in [0.4, 0.5) is 0 Å². The molecule has 0 heterocycles. The van der Waals surface area contributed by atoms with Crippen molar-refractivity contribution in [3.05, 3.63) is 23.8 Å². The number of rotatable bonds is 5. The molecular weight excluding hydrogens is 164 g/mol. The molecule has 0 spiro atoms. The summed E-state index contributed by atoms with van der Waals surface area (Å²) in [5.41, 5.74) is 6.87. The molecule has 0 radical (unpaired) electrons. The molecule has 0 saturated heterocycles. The lowest BCUT2D eigenvalue weighted by Crippen LogP contribution is -2.20. The van der Waals surface area contributed by atoms with Gasteiger partial charge >= 0.3 is 0 Å². The largest absolute Gasteiger partial charge is 0.366 e. The Morgan fingerprint density at radius 1 is 1.54 bits per heavy atom. The number of nitrogens with two attached hydrogens (primary N) is 1. The molecule has 2 N–H and O–H groups in total. The zero-order chi connectivity index (χ0) is 10.4. The fraction of sp³-hybridized carbons (Fsp3) is 0.500. The zero-order valence-electron chi connectivity index (χ0n) is 8.63. The Kier molecular flexibility index (Phi) is 5.07. The minimum absolute atomic E-state index is 0.348. The lowest BCUT2D eigenvalue weighted by atomic mass is 10.1. The molecule has 0 aromatic rings. The molecule has 0 unspecified atom stereocenters. The van der Waals surface area contributed by atoms with Crippen LogP contribution < -0.4 is 5.73 Å². The van der Waals surface area contributed by atoms with Crippen LogP contribution >= 0.6 is 0 Å². The van der Waals surface area contributed by atoms with Gasteiger partial charge in [-0.25, -0.2) is 0 Å². The lowest BCUT2D eigenvalue weighted by Gasteiger charge is -2.14. The van der Waals surface area contributed by atoms with E-state index >= 15 is 0 Å². The molecular formula is C10H18N2O. The molecule has 0 aliphatic rings. The quantitative estimate of drug-likeness (QED) is 0.508. The van der Waals surface area contributed by atoms with E-state index in [2.05, 4.69) is 6.58 Å². The summed E-state index contributed by atoms with van der Waals surface area (Å²) < 4.78 is 0. The minimum atomic E-state index is -0.348. The van der Waals surface area contributed by atoms with Crippen LogP contribution in [0, 0.1) is 0 Å². The number of nitrogens with zero attached hydrogens (tertiary/aromatic N) is 1. The van der Waals surface area contributed by atoms with Crippen molar-refractivity contribution in [3.8, 4) is 0 Å². The first-order chi connectivity index (χ1) is 5.99. The van der Waals surface area contributed by atoms with Crippen LogP contribution in [0.15, 0.2) is 23.8 Å². The first-order valence-electron chi connectivity index (χ1n) is 4.23. The Hall–Kier alpha value is -1.09. The Morgan fingerprint density at radius 2 is 2.08 bits per heavy atom. The fourth-order valence-corrected chi connectivity index (χ4v) is 1.07. The van der Waals surface area contributed by atoms with Crippen molar-refractivity contribution in [2.45, 2.75) is 13.3 Å². The number of hydrogen-bond donors (Lipinski definition) is 1. The molecule has 3 nitrogen and oxygen atoms in total. The Balaban J connectivity index is 4.65. The van der Waals surface area contributed by atoms with Gasteiger partial charge in [0.05, 0.1) is 0 Å². The van der Waals surface area contributed by atoms with Gasteiger partial charge in [-0.15, -0.1) is 6.58 Å². The number of allylic oxidation sites excluding steroid dienone is 1. The van der Waals surface area contributed by atoms with Crippen molar-refractivity contribution in [1.29, 1.82) is 0 Å². The number of carbonyl (C=O) groups excluding carboxylic acids is 1.